The van der Waals surface area contributed by atoms with E-state index in [-0.39, 0.29) is 12.8 Å². The lowest BCUT2D eigenvalue weighted by molar-refractivity contribution is 0.0493. The van der Waals surface area contributed by atoms with E-state index in [1.807, 2.05) is 0 Å². The Labute approximate surface area is 42.3 Å². The van der Waals surface area contributed by atoms with Crippen LogP contribution in [0, 0.1) is 0 Å². The van der Waals surface area contributed by atoms with Crippen molar-refractivity contribution in [1.82, 2.24) is 5.32 Å². The molecule has 0 aliphatic carbocycles. The molecule has 3 heteroatoms. The molecule has 0 aromatic rings. The predicted molar refractivity (Wildman–Crippen MR) is 24.8 cm³/mol. The molecule has 0 aromatic carbocycles. The number of hydrogen-bond acceptors (Lipinski definition) is 3. The summed E-state index contributed by atoms with van der Waals surface area (Å²) in [5, 5.41) is 11.3. The Morgan fingerprint density at radius 2 is 2.71 bits per heavy atom. The Bertz CT molecular complexity index is 51.7. The second kappa shape index (κ2) is 2.26. The van der Waals surface area contributed by atoms with Crippen LogP contribution in [0.15, 0.2) is 0 Å². The van der Waals surface area contributed by atoms with E-state index in [9.17, 15) is 0 Å². The number of ether oxygens (including phenoxy) is 1. The number of hydrogen-bond donors (Lipinski definition) is 2. The van der Waals surface area contributed by atoms with Gasteiger partial charge in [-0.1, -0.05) is 0 Å². The summed E-state index contributed by atoms with van der Waals surface area (Å²) < 4.78 is 4.94. The standard InChI is InChI=1S/C4H9NO2/c6-3-4-5-1-2-7-4/h4-6H,1-3H2/t4-/m1/s1. The SMILES string of the molecule is OC[C@@H]1NCCO1. The van der Waals surface area contributed by atoms with Crippen molar-refractivity contribution >= 4 is 0 Å². The molecule has 42 valence electrons. The number of nitrogens with one attached hydrogen (secondary N) is 1. The van der Waals surface area contributed by atoms with Crippen molar-refractivity contribution in [3.8, 4) is 0 Å². The zero-order chi connectivity index (χ0) is 5.11. The number of aliphatic hydroxyl groups is 1. The van der Waals surface area contributed by atoms with E-state index in [0.717, 1.165) is 13.2 Å². The largest absolute Gasteiger partial charge is 0.392 e. The van der Waals surface area contributed by atoms with E-state index in [0.29, 0.717) is 0 Å². The highest BCUT2D eigenvalue weighted by Gasteiger charge is 2.10. The van der Waals surface area contributed by atoms with Crippen LogP contribution in [-0.4, -0.2) is 31.1 Å². The average Bonchev–Trinajstić information content (AvgIpc) is 2.14. The molecule has 1 atom stereocenters. The summed E-state index contributed by atoms with van der Waals surface area (Å²) in [7, 11) is 0. The van der Waals surface area contributed by atoms with Gasteiger partial charge >= 0.3 is 0 Å². The lowest BCUT2D eigenvalue weighted by Gasteiger charge is -2.01. The first-order chi connectivity index (χ1) is 3.43. The Morgan fingerprint density at radius 1 is 1.86 bits per heavy atom. The van der Waals surface area contributed by atoms with Crippen molar-refractivity contribution in [2.24, 2.45) is 0 Å². The van der Waals surface area contributed by atoms with Crippen molar-refractivity contribution in [3.05, 3.63) is 0 Å². The minimum absolute atomic E-state index is 0.0833. The van der Waals surface area contributed by atoms with E-state index in [1.54, 1.807) is 0 Å². The molecular formula is C4H9NO2. The first-order valence-corrected chi connectivity index (χ1v) is 2.39. The van der Waals surface area contributed by atoms with Crippen molar-refractivity contribution < 1.29 is 9.84 Å². The highest BCUT2D eigenvalue weighted by Crippen LogP contribution is 1.90. The fourth-order valence-electron chi connectivity index (χ4n) is 0.597. The van der Waals surface area contributed by atoms with Crippen molar-refractivity contribution in [2.75, 3.05) is 19.8 Å². The smallest absolute Gasteiger partial charge is 0.131 e. The fourth-order valence-corrected chi connectivity index (χ4v) is 0.597. The molecule has 1 heterocycles. The molecule has 0 unspecified atom stereocenters. The topological polar surface area (TPSA) is 41.5 Å². The summed E-state index contributed by atoms with van der Waals surface area (Å²) in [6.45, 7) is 1.68. The van der Waals surface area contributed by atoms with Gasteiger partial charge in [0.1, 0.15) is 6.23 Å². The summed E-state index contributed by atoms with van der Waals surface area (Å²) in [6.07, 6.45) is -0.0972. The van der Waals surface area contributed by atoms with Gasteiger partial charge in [0.25, 0.3) is 0 Å². The van der Waals surface area contributed by atoms with Gasteiger partial charge in [-0.3, -0.25) is 5.32 Å². The average molecular weight is 103 g/mol. The second-order valence-electron chi connectivity index (χ2n) is 1.50. The molecule has 1 rings (SSSR count). The maximum Gasteiger partial charge on any atom is 0.131 e. The van der Waals surface area contributed by atoms with E-state index >= 15 is 0 Å². The second-order valence-corrected chi connectivity index (χ2v) is 1.50. The molecule has 0 bridgehead atoms. The molecular weight excluding hydrogens is 94.0 g/mol. The van der Waals surface area contributed by atoms with Gasteiger partial charge in [0.2, 0.25) is 0 Å². The van der Waals surface area contributed by atoms with Crippen molar-refractivity contribution in [3.63, 3.8) is 0 Å². The molecule has 1 saturated heterocycles. The summed E-state index contributed by atoms with van der Waals surface area (Å²) in [5.74, 6) is 0. The molecule has 3 nitrogen and oxygen atoms in total. The minimum atomic E-state index is -0.0972. The molecule has 7 heavy (non-hydrogen) atoms. The Kier molecular flexibility index (Phi) is 1.62. The fraction of sp³-hybridized carbons (Fsp3) is 1.00. The predicted octanol–water partition coefficient (Wildman–Crippen LogP) is -1.08. The van der Waals surface area contributed by atoms with E-state index in [4.69, 9.17) is 9.84 Å². The highest BCUT2D eigenvalue weighted by molar-refractivity contribution is 4.59. The summed E-state index contributed by atoms with van der Waals surface area (Å²) in [5.41, 5.74) is 0. The van der Waals surface area contributed by atoms with Crippen LogP contribution < -0.4 is 5.32 Å². The van der Waals surface area contributed by atoms with Gasteiger partial charge in [0.15, 0.2) is 0 Å². The molecule has 0 radical (unpaired) electrons. The van der Waals surface area contributed by atoms with Crippen LogP contribution in [0.4, 0.5) is 0 Å². The third kappa shape index (κ3) is 1.12. The van der Waals surface area contributed by atoms with Crippen molar-refractivity contribution in [1.29, 1.82) is 0 Å². The van der Waals surface area contributed by atoms with Crippen LogP contribution in [0.2, 0.25) is 0 Å². The molecule has 1 fully saturated rings. The molecule has 0 aromatic heterocycles. The Hall–Kier alpha value is -0.120. The molecule has 0 spiro atoms. The van der Waals surface area contributed by atoms with Crippen LogP contribution in [0.3, 0.4) is 0 Å². The third-order valence-corrected chi connectivity index (χ3v) is 0.959. The molecule has 1 aliphatic heterocycles. The molecule has 0 amide bonds. The van der Waals surface area contributed by atoms with Gasteiger partial charge in [-0.25, -0.2) is 0 Å². The van der Waals surface area contributed by atoms with E-state index in [1.165, 1.54) is 0 Å². The van der Waals surface area contributed by atoms with Crippen LogP contribution in [0.25, 0.3) is 0 Å². The number of rotatable bonds is 1. The van der Waals surface area contributed by atoms with Crippen LogP contribution >= 0.6 is 0 Å². The van der Waals surface area contributed by atoms with Crippen LogP contribution in [0.1, 0.15) is 0 Å². The highest BCUT2D eigenvalue weighted by atomic mass is 16.5. The lowest BCUT2D eigenvalue weighted by atomic mass is 10.6. The summed E-state index contributed by atoms with van der Waals surface area (Å²) in [4.78, 5) is 0. The van der Waals surface area contributed by atoms with Crippen molar-refractivity contribution in [2.45, 2.75) is 6.23 Å². The Balaban J connectivity index is 2.14. The zero-order valence-electron chi connectivity index (χ0n) is 4.05. The first-order valence-electron chi connectivity index (χ1n) is 2.39. The third-order valence-electron chi connectivity index (χ3n) is 0.959. The monoisotopic (exact) mass is 103 g/mol. The maximum absolute atomic E-state index is 8.38. The van der Waals surface area contributed by atoms with Crippen LogP contribution in [0.5, 0.6) is 0 Å². The number of aliphatic hydroxyl groups excluding tert-OH is 1. The first kappa shape index (κ1) is 5.03. The minimum Gasteiger partial charge on any atom is -0.392 e. The lowest BCUT2D eigenvalue weighted by Crippen LogP contribution is -2.25. The van der Waals surface area contributed by atoms with E-state index < -0.39 is 0 Å². The summed E-state index contributed by atoms with van der Waals surface area (Å²) >= 11 is 0. The normalized spacial score (nSPS) is 31.3. The Morgan fingerprint density at radius 3 is 3.00 bits per heavy atom. The summed E-state index contributed by atoms with van der Waals surface area (Å²) in [6, 6.07) is 0. The molecule has 2 N–H and O–H groups in total. The van der Waals surface area contributed by atoms with Gasteiger partial charge in [0.05, 0.1) is 13.2 Å². The molecule has 0 saturated carbocycles. The molecule has 1 aliphatic rings. The zero-order valence-corrected chi connectivity index (χ0v) is 4.05. The van der Waals surface area contributed by atoms with Crippen LogP contribution in [-0.2, 0) is 4.74 Å². The maximum atomic E-state index is 8.38. The quantitative estimate of drug-likeness (QED) is 0.444. The van der Waals surface area contributed by atoms with E-state index in [2.05, 4.69) is 5.32 Å². The van der Waals surface area contributed by atoms with Gasteiger partial charge in [0, 0.05) is 6.54 Å². The van der Waals surface area contributed by atoms with Gasteiger partial charge in [-0.15, -0.1) is 0 Å². The van der Waals surface area contributed by atoms with Gasteiger partial charge < -0.3 is 9.84 Å². The van der Waals surface area contributed by atoms with Gasteiger partial charge in [-0.2, -0.15) is 0 Å². The van der Waals surface area contributed by atoms with Gasteiger partial charge in [-0.05, 0) is 0 Å².